The molecule has 0 bridgehead atoms. The highest BCUT2D eigenvalue weighted by atomic mass is 19.1. The number of hydrogen-bond acceptors (Lipinski definition) is 3. The predicted molar refractivity (Wildman–Crippen MR) is 74.3 cm³/mol. The van der Waals surface area contributed by atoms with Crippen molar-refractivity contribution in [1.29, 1.82) is 0 Å². The minimum Gasteiger partial charge on any atom is -0.389 e. The van der Waals surface area contributed by atoms with Gasteiger partial charge in [-0.3, -0.25) is 0 Å². The molecule has 5 heteroatoms. The topological polar surface area (TPSA) is 52.5 Å². The minimum atomic E-state index is -1.29. The zero-order chi connectivity index (χ0) is 15.3. The smallest absolute Gasteiger partial charge is 0.131 e. The van der Waals surface area contributed by atoms with Gasteiger partial charge in [-0.1, -0.05) is 19.9 Å². The maximum absolute atomic E-state index is 13.5. The zero-order valence-corrected chi connectivity index (χ0v) is 12.2. The first-order valence-corrected chi connectivity index (χ1v) is 6.78. The second-order valence-corrected chi connectivity index (χ2v) is 5.88. The first-order valence-electron chi connectivity index (χ1n) is 6.78. The third-order valence-corrected chi connectivity index (χ3v) is 3.02. The normalized spacial score (nSPS) is 16.2. The van der Waals surface area contributed by atoms with Crippen molar-refractivity contribution in [1.82, 2.24) is 5.32 Å². The summed E-state index contributed by atoms with van der Waals surface area (Å²) >= 11 is 0. The molecule has 114 valence electrons. The standard InChI is InChI=1S/C15H23F2NO2/c1-10(2)7-15(3,20)9-18-8-13(19)14-11(16)5-4-6-12(14)17/h4-6,10,13,18-20H,7-9H2,1-3H3. The number of nitrogens with one attached hydrogen (secondary N) is 1. The molecule has 1 aromatic carbocycles. The van der Waals surface area contributed by atoms with Crippen LogP contribution in [0, 0.1) is 17.6 Å². The zero-order valence-electron chi connectivity index (χ0n) is 12.2. The van der Waals surface area contributed by atoms with E-state index in [2.05, 4.69) is 5.32 Å². The molecule has 1 rings (SSSR count). The summed E-state index contributed by atoms with van der Waals surface area (Å²) in [5.74, 6) is -1.21. The van der Waals surface area contributed by atoms with E-state index < -0.39 is 23.3 Å². The molecule has 3 N–H and O–H groups in total. The lowest BCUT2D eigenvalue weighted by Gasteiger charge is -2.26. The number of rotatable bonds is 7. The second-order valence-electron chi connectivity index (χ2n) is 5.88. The van der Waals surface area contributed by atoms with Crippen LogP contribution in [0.15, 0.2) is 18.2 Å². The van der Waals surface area contributed by atoms with E-state index in [1.54, 1.807) is 6.92 Å². The molecule has 0 spiro atoms. The number of benzene rings is 1. The van der Waals surface area contributed by atoms with E-state index in [9.17, 15) is 19.0 Å². The van der Waals surface area contributed by atoms with Gasteiger partial charge in [0.1, 0.15) is 11.6 Å². The van der Waals surface area contributed by atoms with Crippen LogP contribution in [0.3, 0.4) is 0 Å². The molecule has 0 radical (unpaired) electrons. The number of aliphatic hydroxyl groups is 2. The maximum atomic E-state index is 13.5. The molecule has 20 heavy (non-hydrogen) atoms. The van der Waals surface area contributed by atoms with E-state index in [1.807, 2.05) is 13.8 Å². The molecule has 1 aromatic rings. The molecule has 0 saturated carbocycles. The van der Waals surface area contributed by atoms with Gasteiger partial charge in [-0.2, -0.15) is 0 Å². The summed E-state index contributed by atoms with van der Waals surface area (Å²) in [5.41, 5.74) is -1.26. The van der Waals surface area contributed by atoms with E-state index in [1.165, 1.54) is 6.07 Å². The number of halogens is 2. The Labute approximate surface area is 118 Å². The average Bonchev–Trinajstić information content (AvgIpc) is 2.26. The molecule has 0 heterocycles. The van der Waals surface area contributed by atoms with E-state index >= 15 is 0 Å². The Hall–Kier alpha value is -1.04. The van der Waals surface area contributed by atoms with Crippen LogP contribution in [0.25, 0.3) is 0 Å². The molecule has 2 unspecified atom stereocenters. The largest absolute Gasteiger partial charge is 0.389 e. The molecular weight excluding hydrogens is 264 g/mol. The number of aliphatic hydroxyl groups excluding tert-OH is 1. The lowest BCUT2D eigenvalue weighted by molar-refractivity contribution is 0.0350. The van der Waals surface area contributed by atoms with Crippen molar-refractivity contribution in [3.8, 4) is 0 Å². The van der Waals surface area contributed by atoms with Crippen LogP contribution < -0.4 is 5.32 Å². The third kappa shape index (κ3) is 5.15. The molecule has 0 amide bonds. The quantitative estimate of drug-likeness (QED) is 0.722. The van der Waals surface area contributed by atoms with Gasteiger partial charge in [-0.25, -0.2) is 8.78 Å². The summed E-state index contributed by atoms with van der Waals surface area (Å²) in [5, 5.41) is 22.8. The van der Waals surface area contributed by atoms with Gasteiger partial charge in [0, 0.05) is 13.1 Å². The van der Waals surface area contributed by atoms with Crippen LogP contribution in [0.1, 0.15) is 38.9 Å². The van der Waals surface area contributed by atoms with Gasteiger partial charge < -0.3 is 15.5 Å². The van der Waals surface area contributed by atoms with Gasteiger partial charge in [0.25, 0.3) is 0 Å². The van der Waals surface area contributed by atoms with Gasteiger partial charge in [0.15, 0.2) is 0 Å². The van der Waals surface area contributed by atoms with Gasteiger partial charge in [0.2, 0.25) is 0 Å². The van der Waals surface area contributed by atoms with Gasteiger partial charge in [-0.05, 0) is 31.4 Å². The first-order chi connectivity index (χ1) is 9.23. The summed E-state index contributed by atoms with van der Waals surface area (Å²) in [4.78, 5) is 0. The highest BCUT2D eigenvalue weighted by molar-refractivity contribution is 5.22. The van der Waals surface area contributed by atoms with Crippen LogP contribution in [-0.4, -0.2) is 28.9 Å². The van der Waals surface area contributed by atoms with Crippen LogP contribution in [0.4, 0.5) is 8.78 Å². The molecular formula is C15H23F2NO2. The van der Waals surface area contributed by atoms with Crippen LogP contribution in [0.5, 0.6) is 0 Å². The molecule has 0 fully saturated rings. The highest BCUT2D eigenvalue weighted by Crippen LogP contribution is 2.20. The Morgan fingerprint density at radius 2 is 1.80 bits per heavy atom. The fraction of sp³-hybridized carbons (Fsp3) is 0.600. The van der Waals surface area contributed by atoms with E-state index in [0.717, 1.165) is 12.1 Å². The van der Waals surface area contributed by atoms with Crippen LogP contribution in [0.2, 0.25) is 0 Å². The third-order valence-electron chi connectivity index (χ3n) is 3.02. The fourth-order valence-electron chi connectivity index (χ4n) is 2.36. The second kappa shape index (κ2) is 7.11. The maximum Gasteiger partial charge on any atom is 0.131 e. The van der Waals surface area contributed by atoms with Gasteiger partial charge in [0.05, 0.1) is 17.3 Å². The first kappa shape index (κ1) is 17.0. The SMILES string of the molecule is CC(C)CC(C)(O)CNCC(O)c1c(F)cccc1F. The molecule has 0 aliphatic rings. The van der Waals surface area contributed by atoms with Crippen molar-refractivity contribution >= 4 is 0 Å². The molecule has 3 nitrogen and oxygen atoms in total. The van der Waals surface area contributed by atoms with E-state index in [4.69, 9.17) is 0 Å². The average molecular weight is 287 g/mol. The Balaban J connectivity index is 2.54. The van der Waals surface area contributed by atoms with Gasteiger partial charge >= 0.3 is 0 Å². The van der Waals surface area contributed by atoms with Gasteiger partial charge in [-0.15, -0.1) is 0 Å². The Bertz CT molecular complexity index is 416. The Kier molecular flexibility index (Phi) is 6.05. The summed E-state index contributed by atoms with van der Waals surface area (Å²) in [6, 6.07) is 3.47. The van der Waals surface area contributed by atoms with Crippen molar-refractivity contribution in [3.63, 3.8) is 0 Å². The summed E-state index contributed by atoms with van der Waals surface area (Å²) in [6.45, 7) is 5.91. The van der Waals surface area contributed by atoms with Crippen molar-refractivity contribution in [2.24, 2.45) is 5.92 Å². The predicted octanol–water partition coefficient (Wildman–Crippen LogP) is 2.38. The Morgan fingerprint density at radius 1 is 1.25 bits per heavy atom. The summed E-state index contributed by atoms with van der Waals surface area (Å²) in [7, 11) is 0. The van der Waals surface area contributed by atoms with Crippen LogP contribution >= 0.6 is 0 Å². The van der Waals surface area contributed by atoms with Crippen molar-refractivity contribution in [2.75, 3.05) is 13.1 Å². The van der Waals surface area contributed by atoms with Crippen molar-refractivity contribution in [2.45, 2.75) is 38.9 Å². The number of hydrogen-bond donors (Lipinski definition) is 3. The lowest BCUT2D eigenvalue weighted by atomic mass is 9.94. The van der Waals surface area contributed by atoms with E-state index in [0.29, 0.717) is 12.3 Å². The summed E-state index contributed by atoms with van der Waals surface area (Å²) < 4.78 is 26.9. The van der Waals surface area contributed by atoms with Crippen LogP contribution in [-0.2, 0) is 0 Å². The molecule has 0 saturated heterocycles. The summed E-state index contributed by atoms with van der Waals surface area (Å²) in [6.07, 6.45) is -0.685. The lowest BCUT2D eigenvalue weighted by Crippen LogP contribution is -2.40. The molecule has 0 aromatic heterocycles. The van der Waals surface area contributed by atoms with E-state index in [-0.39, 0.29) is 18.7 Å². The fourth-order valence-corrected chi connectivity index (χ4v) is 2.36. The monoisotopic (exact) mass is 287 g/mol. The minimum absolute atomic E-state index is 0.0217. The highest BCUT2D eigenvalue weighted by Gasteiger charge is 2.23. The van der Waals surface area contributed by atoms with Crippen molar-refractivity contribution < 1.29 is 19.0 Å². The Morgan fingerprint density at radius 3 is 2.30 bits per heavy atom. The molecule has 2 atom stereocenters. The molecule has 0 aliphatic carbocycles. The van der Waals surface area contributed by atoms with Crippen molar-refractivity contribution in [3.05, 3.63) is 35.4 Å². The molecule has 0 aliphatic heterocycles.